The van der Waals surface area contributed by atoms with E-state index in [2.05, 4.69) is 23.8 Å². The molecule has 1 aromatic rings. The first kappa shape index (κ1) is 10.1. The van der Waals surface area contributed by atoms with Crippen molar-refractivity contribution in [2.75, 3.05) is 0 Å². The molecule has 0 saturated heterocycles. The summed E-state index contributed by atoms with van der Waals surface area (Å²) in [6.45, 7) is 4.39. The second-order valence-corrected chi connectivity index (χ2v) is 3.68. The van der Waals surface area contributed by atoms with Crippen molar-refractivity contribution < 1.29 is 0 Å². The predicted molar refractivity (Wildman–Crippen MR) is 53.0 cm³/mol. The summed E-state index contributed by atoms with van der Waals surface area (Å²) in [7, 11) is 0. The Morgan fingerprint density at radius 2 is 1.85 bits per heavy atom. The molecule has 13 heavy (non-hydrogen) atoms. The van der Waals surface area contributed by atoms with Gasteiger partial charge in [-0.2, -0.15) is 0 Å². The van der Waals surface area contributed by atoms with Crippen molar-refractivity contribution in [3.8, 4) is 0 Å². The minimum absolute atomic E-state index is 0.0106. The fourth-order valence-corrected chi connectivity index (χ4v) is 1.14. The Kier molecular flexibility index (Phi) is 3.83. The molecule has 0 fully saturated rings. The van der Waals surface area contributed by atoms with Gasteiger partial charge in [0.2, 0.25) is 0 Å². The van der Waals surface area contributed by atoms with Crippen molar-refractivity contribution in [3.05, 3.63) is 24.3 Å². The zero-order chi connectivity index (χ0) is 9.68. The van der Waals surface area contributed by atoms with Gasteiger partial charge in [0, 0.05) is 12.4 Å². The number of nitrogens with zero attached hydrogens (tertiary/aromatic N) is 2. The molecule has 0 saturated carbocycles. The summed E-state index contributed by atoms with van der Waals surface area (Å²) in [6, 6.07) is 1.79. The molecule has 3 nitrogen and oxygen atoms in total. The molecule has 0 aliphatic carbocycles. The van der Waals surface area contributed by atoms with E-state index in [-0.39, 0.29) is 6.04 Å². The SMILES string of the molecule is CC(C)CCC(N)c1ncccn1. The Labute approximate surface area is 79.4 Å². The molecule has 0 aliphatic heterocycles. The second-order valence-electron chi connectivity index (χ2n) is 3.68. The van der Waals surface area contributed by atoms with Crippen LogP contribution in [0.5, 0.6) is 0 Å². The van der Waals surface area contributed by atoms with Crippen molar-refractivity contribution in [2.24, 2.45) is 11.7 Å². The van der Waals surface area contributed by atoms with Crippen molar-refractivity contribution in [2.45, 2.75) is 32.7 Å². The van der Waals surface area contributed by atoms with Gasteiger partial charge in [0.1, 0.15) is 5.82 Å². The summed E-state index contributed by atoms with van der Waals surface area (Å²) < 4.78 is 0. The zero-order valence-electron chi connectivity index (χ0n) is 8.27. The number of nitrogens with two attached hydrogens (primary N) is 1. The molecule has 2 N–H and O–H groups in total. The first-order valence-corrected chi connectivity index (χ1v) is 4.72. The molecule has 72 valence electrons. The number of hydrogen-bond acceptors (Lipinski definition) is 3. The third-order valence-electron chi connectivity index (χ3n) is 1.97. The molecule has 1 unspecified atom stereocenters. The molecular weight excluding hydrogens is 162 g/mol. The van der Waals surface area contributed by atoms with Crippen LogP contribution < -0.4 is 5.73 Å². The summed E-state index contributed by atoms with van der Waals surface area (Å²) in [5.41, 5.74) is 5.92. The quantitative estimate of drug-likeness (QED) is 0.768. The Morgan fingerprint density at radius 1 is 1.23 bits per heavy atom. The van der Waals surface area contributed by atoms with Gasteiger partial charge in [0.25, 0.3) is 0 Å². The predicted octanol–water partition coefficient (Wildman–Crippen LogP) is 1.91. The molecule has 1 heterocycles. The minimum Gasteiger partial charge on any atom is -0.321 e. The lowest BCUT2D eigenvalue weighted by molar-refractivity contribution is 0.494. The van der Waals surface area contributed by atoms with Crippen molar-refractivity contribution in [3.63, 3.8) is 0 Å². The van der Waals surface area contributed by atoms with Gasteiger partial charge in [-0.25, -0.2) is 9.97 Å². The summed E-state index contributed by atoms with van der Waals surface area (Å²) in [5.74, 6) is 1.44. The molecule has 0 amide bonds. The van der Waals surface area contributed by atoms with Gasteiger partial charge in [-0.05, 0) is 24.8 Å². The monoisotopic (exact) mass is 179 g/mol. The average molecular weight is 179 g/mol. The summed E-state index contributed by atoms with van der Waals surface area (Å²) in [6.07, 6.45) is 5.55. The maximum atomic E-state index is 5.92. The van der Waals surface area contributed by atoms with Crippen LogP contribution in [0, 0.1) is 5.92 Å². The van der Waals surface area contributed by atoms with E-state index >= 15 is 0 Å². The van der Waals surface area contributed by atoms with Crippen LogP contribution in [0.4, 0.5) is 0 Å². The molecule has 1 aromatic heterocycles. The lowest BCUT2D eigenvalue weighted by atomic mass is 10.0. The molecule has 0 bridgehead atoms. The van der Waals surface area contributed by atoms with Crippen LogP contribution in [-0.4, -0.2) is 9.97 Å². The largest absolute Gasteiger partial charge is 0.321 e. The van der Waals surface area contributed by atoms with Crippen LogP contribution in [0.3, 0.4) is 0 Å². The molecule has 0 spiro atoms. The van der Waals surface area contributed by atoms with E-state index in [4.69, 9.17) is 5.73 Å². The van der Waals surface area contributed by atoms with E-state index < -0.39 is 0 Å². The van der Waals surface area contributed by atoms with Crippen LogP contribution in [0.2, 0.25) is 0 Å². The van der Waals surface area contributed by atoms with Gasteiger partial charge in [-0.3, -0.25) is 0 Å². The van der Waals surface area contributed by atoms with Gasteiger partial charge in [0.05, 0.1) is 6.04 Å². The van der Waals surface area contributed by atoms with Crippen LogP contribution in [0.25, 0.3) is 0 Å². The number of hydrogen-bond donors (Lipinski definition) is 1. The van der Waals surface area contributed by atoms with Gasteiger partial charge >= 0.3 is 0 Å². The Bertz CT molecular complexity index is 233. The van der Waals surface area contributed by atoms with E-state index in [1.54, 1.807) is 18.5 Å². The molecule has 0 radical (unpaired) electrons. The smallest absolute Gasteiger partial charge is 0.144 e. The normalized spacial score (nSPS) is 13.2. The zero-order valence-corrected chi connectivity index (χ0v) is 8.27. The third-order valence-corrected chi connectivity index (χ3v) is 1.97. The summed E-state index contributed by atoms with van der Waals surface area (Å²) in [4.78, 5) is 8.24. The molecule has 0 aliphatic rings. The van der Waals surface area contributed by atoms with Gasteiger partial charge in [0.15, 0.2) is 0 Å². The third kappa shape index (κ3) is 3.51. The highest BCUT2D eigenvalue weighted by Crippen LogP contribution is 2.14. The average Bonchev–Trinajstić information content (AvgIpc) is 2.15. The highest BCUT2D eigenvalue weighted by atomic mass is 14.9. The minimum atomic E-state index is -0.0106. The number of aromatic nitrogens is 2. The maximum Gasteiger partial charge on any atom is 0.144 e. The van der Waals surface area contributed by atoms with E-state index in [0.717, 1.165) is 18.7 Å². The first-order chi connectivity index (χ1) is 6.20. The topological polar surface area (TPSA) is 51.8 Å². The van der Waals surface area contributed by atoms with Gasteiger partial charge in [-0.1, -0.05) is 13.8 Å². The molecule has 0 aromatic carbocycles. The van der Waals surface area contributed by atoms with E-state index in [9.17, 15) is 0 Å². The Morgan fingerprint density at radius 3 is 2.38 bits per heavy atom. The highest BCUT2D eigenvalue weighted by molar-refractivity contribution is 4.94. The molecule has 3 heteroatoms. The lowest BCUT2D eigenvalue weighted by Crippen LogP contribution is -2.14. The van der Waals surface area contributed by atoms with Crippen molar-refractivity contribution in [1.82, 2.24) is 9.97 Å². The fourth-order valence-electron chi connectivity index (χ4n) is 1.14. The standard InChI is InChI=1S/C10H17N3/c1-8(2)4-5-9(11)10-12-6-3-7-13-10/h3,6-9H,4-5,11H2,1-2H3. The van der Waals surface area contributed by atoms with Gasteiger partial charge in [-0.15, -0.1) is 0 Å². The van der Waals surface area contributed by atoms with Crippen LogP contribution >= 0.6 is 0 Å². The Balaban J connectivity index is 2.44. The maximum absolute atomic E-state index is 5.92. The molecule has 1 atom stereocenters. The van der Waals surface area contributed by atoms with Crippen LogP contribution in [0.1, 0.15) is 38.6 Å². The Hall–Kier alpha value is -0.960. The molecule has 1 rings (SSSR count). The lowest BCUT2D eigenvalue weighted by Gasteiger charge is -2.10. The highest BCUT2D eigenvalue weighted by Gasteiger charge is 2.08. The first-order valence-electron chi connectivity index (χ1n) is 4.72. The van der Waals surface area contributed by atoms with Crippen LogP contribution in [0.15, 0.2) is 18.5 Å². The fraction of sp³-hybridized carbons (Fsp3) is 0.600. The number of rotatable bonds is 4. The van der Waals surface area contributed by atoms with E-state index in [1.807, 2.05) is 0 Å². The summed E-state index contributed by atoms with van der Waals surface area (Å²) in [5, 5.41) is 0. The van der Waals surface area contributed by atoms with E-state index in [0.29, 0.717) is 5.92 Å². The van der Waals surface area contributed by atoms with Crippen molar-refractivity contribution in [1.29, 1.82) is 0 Å². The van der Waals surface area contributed by atoms with E-state index in [1.165, 1.54) is 0 Å². The molecular formula is C10H17N3. The summed E-state index contributed by atoms with van der Waals surface area (Å²) >= 11 is 0. The van der Waals surface area contributed by atoms with Crippen LogP contribution in [-0.2, 0) is 0 Å². The van der Waals surface area contributed by atoms with Gasteiger partial charge < -0.3 is 5.73 Å². The van der Waals surface area contributed by atoms with Crippen molar-refractivity contribution >= 4 is 0 Å². The second kappa shape index (κ2) is 4.92.